The molecule has 0 unspecified atom stereocenters. The molecule has 1 saturated heterocycles. The molecule has 0 spiro atoms. The van der Waals surface area contributed by atoms with Gasteiger partial charge >= 0.3 is 0 Å². The molecule has 2 aromatic rings. The zero-order valence-electron chi connectivity index (χ0n) is 13.8. The van der Waals surface area contributed by atoms with Gasteiger partial charge in [-0.25, -0.2) is 0 Å². The zero-order valence-corrected chi connectivity index (χ0v) is 13.8. The minimum Gasteiger partial charge on any atom is -0.497 e. The van der Waals surface area contributed by atoms with E-state index in [9.17, 15) is 0 Å². The highest BCUT2D eigenvalue weighted by Gasteiger charge is 2.11. The highest BCUT2D eigenvalue weighted by molar-refractivity contribution is 5.56. The van der Waals surface area contributed by atoms with Gasteiger partial charge in [0.15, 0.2) is 0 Å². The number of anilines is 2. The van der Waals surface area contributed by atoms with E-state index in [1.807, 2.05) is 18.2 Å². The molecule has 122 valence electrons. The van der Waals surface area contributed by atoms with Gasteiger partial charge in [0.2, 0.25) is 0 Å². The van der Waals surface area contributed by atoms with Gasteiger partial charge in [-0.15, -0.1) is 0 Å². The monoisotopic (exact) mass is 312 g/mol. The summed E-state index contributed by atoms with van der Waals surface area (Å²) in [5.74, 6) is 1.64. The van der Waals surface area contributed by atoms with Crippen LogP contribution in [0.3, 0.4) is 0 Å². The van der Waals surface area contributed by atoms with Crippen molar-refractivity contribution in [2.24, 2.45) is 0 Å². The van der Waals surface area contributed by atoms with Crippen LogP contribution < -0.4 is 19.7 Å². The maximum absolute atomic E-state index is 5.44. The highest BCUT2D eigenvalue weighted by atomic mass is 16.5. The summed E-state index contributed by atoms with van der Waals surface area (Å²) < 4.78 is 10.7. The number of rotatable bonds is 6. The summed E-state index contributed by atoms with van der Waals surface area (Å²) in [5.41, 5.74) is 3.54. The Hall–Kier alpha value is -2.36. The molecule has 4 nitrogen and oxygen atoms in total. The number of nitrogens with one attached hydrogen (secondary N) is 1. The standard InChI is InChI=1S/C19H24N2O2/c1-22-18-10-5-15(19(13-18)23-2)14-20-16-6-8-17(9-7-16)21-11-3-4-12-21/h5-10,13,20H,3-4,11-12,14H2,1-2H3. The Balaban J connectivity index is 1.63. The quantitative estimate of drug-likeness (QED) is 0.876. The van der Waals surface area contributed by atoms with Crippen molar-refractivity contribution in [3.8, 4) is 11.5 Å². The Labute approximate surface area is 138 Å². The number of methoxy groups -OCH3 is 2. The molecule has 0 aromatic heterocycles. The summed E-state index contributed by atoms with van der Waals surface area (Å²) in [7, 11) is 3.34. The first kappa shape index (κ1) is 15.5. The molecule has 0 amide bonds. The summed E-state index contributed by atoms with van der Waals surface area (Å²) in [4.78, 5) is 2.44. The summed E-state index contributed by atoms with van der Waals surface area (Å²) in [6, 6.07) is 14.6. The van der Waals surface area contributed by atoms with Gasteiger partial charge in [0.25, 0.3) is 0 Å². The van der Waals surface area contributed by atoms with Crippen LogP contribution in [0.1, 0.15) is 18.4 Å². The third kappa shape index (κ3) is 3.70. The van der Waals surface area contributed by atoms with Gasteiger partial charge in [0.1, 0.15) is 11.5 Å². The molecular weight excluding hydrogens is 288 g/mol. The van der Waals surface area contributed by atoms with Gasteiger partial charge in [0.05, 0.1) is 14.2 Å². The molecule has 3 rings (SSSR count). The van der Waals surface area contributed by atoms with E-state index in [1.165, 1.54) is 31.6 Å². The van der Waals surface area contributed by atoms with Crippen molar-refractivity contribution < 1.29 is 9.47 Å². The van der Waals surface area contributed by atoms with Crippen LogP contribution in [0.5, 0.6) is 11.5 Å². The van der Waals surface area contributed by atoms with E-state index in [0.717, 1.165) is 29.3 Å². The summed E-state index contributed by atoms with van der Waals surface area (Å²) >= 11 is 0. The molecular formula is C19H24N2O2. The average Bonchev–Trinajstić information content (AvgIpc) is 3.15. The first-order valence-corrected chi connectivity index (χ1v) is 8.10. The molecule has 1 heterocycles. The fourth-order valence-electron chi connectivity index (χ4n) is 2.96. The van der Waals surface area contributed by atoms with Crippen LogP contribution in [0.25, 0.3) is 0 Å². The Morgan fingerprint density at radius 3 is 2.35 bits per heavy atom. The largest absolute Gasteiger partial charge is 0.497 e. The molecule has 2 aromatic carbocycles. The van der Waals surface area contributed by atoms with Crippen molar-refractivity contribution in [2.75, 3.05) is 37.5 Å². The molecule has 1 fully saturated rings. The summed E-state index contributed by atoms with van der Waals surface area (Å²) in [6.07, 6.45) is 2.61. The van der Waals surface area contributed by atoms with E-state index in [0.29, 0.717) is 0 Å². The molecule has 0 aliphatic carbocycles. The first-order valence-electron chi connectivity index (χ1n) is 8.10. The predicted octanol–water partition coefficient (Wildman–Crippen LogP) is 3.92. The molecule has 4 heteroatoms. The second kappa shape index (κ2) is 7.27. The lowest BCUT2D eigenvalue weighted by Crippen LogP contribution is -2.17. The number of nitrogens with zero attached hydrogens (tertiary/aromatic N) is 1. The Bertz CT molecular complexity index is 634. The van der Waals surface area contributed by atoms with Crippen LogP contribution in [0.15, 0.2) is 42.5 Å². The topological polar surface area (TPSA) is 33.7 Å². The van der Waals surface area contributed by atoms with Crippen molar-refractivity contribution in [2.45, 2.75) is 19.4 Å². The van der Waals surface area contributed by atoms with E-state index in [1.54, 1.807) is 14.2 Å². The molecule has 1 aliphatic rings. The van der Waals surface area contributed by atoms with E-state index in [-0.39, 0.29) is 0 Å². The van der Waals surface area contributed by atoms with Gasteiger partial charge in [-0.1, -0.05) is 0 Å². The van der Waals surface area contributed by atoms with Crippen LogP contribution in [0, 0.1) is 0 Å². The van der Waals surface area contributed by atoms with Crippen molar-refractivity contribution >= 4 is 11.4 Å². The van der Waals surface area contributed by atoms with Gasteiger partial charge in [-0.05, 0) is 49.2 Å². The number of hydrogen-bond donors (Lipinski definition) is 1. The second-order valence-electron chi connectivity index (χ2n) is 5.77. The second-order valence-corrected chi connectivity index (χ2v) is 5.77. The van der Waals surface area contributed by atoms with Gasteiger partial charge in [-0.3, -0.25) is 0 Å². The maximum atomic E-state index is 5.44. The predicted molar refractivity (Wildman–Crippen MR) is 94.8 cm³/mol. The lowest BCUT2D eigenvalue weighted by Gasteiger charge is -2.18. The minimum absolute atomic E-state index is 0.718. The molecule has 1 aliphatic heterocycles. The zero-order chi connectivity index (χ0) is 16.1. The molecule has 0 radical (unpaired) electrons. The van der Waals surface area contributed by atoms with Crippen LogP contribution >= 0.6 is 0 Å². The normalized spacial score (nSPS) is 13.9. The lowest BCUT2D eigenvalue weighted by molar-refractivity contribution is 0.391. The van der Waals surface area contributed by atoms with Crippen molar-refractivity contribution in [1.29, 1.82) is 0 Å². The molecule has 0 saturated carbocycles. The Kier molecular flexibility index (Phi) is 4.91. The Morgan fingerprint density at radius 2 is 1.70 bits per heavy atom. The average molecular weight is 312 g/mol. The van der Waals surface area contributed by atoms with Crippen LogP contribution in [0.4, 0.5) is 11.4 Å². The fraction of sp³-hybridized carbons (Fsp3) is 0.368. The van der Waals surface area contributed by atoms with E-state index >= 15 is 0 Å². The third-order valence-corrected chi connectivity index (χ3v) is 4.32. The summed E-state index contributed by atoms with van der Waals surface area (Å²) in [6.45, 7) is 3.07. The number of benzene rings is 2. The first-order chi connectivity index (χ1) is 11.3. The van der Waals surface area contributed by atoms with Crippen molar-refractivity contribution in [3.63, 3.8) is 0 Å². The molecule has 0 atom stereocenters. The molecule has 0 bridgehead atoms. The third-order valence-electron chi connectivity index (χ3n) is 4.32. The minimum atomic E-state index is 0.718. The Morgan fingerprint density at radius 1 is 0.957 bits per heavy atom. The number of hydrogen-bond acceptors (Lipinski definition) is 4. The van der Waals surface area contributed by atoms with E-state index in [2.05, 4.69) is 34.5 Å². The highest BCUT2D eigenvalue weighted by Crippen LogP contribution is 2.26. The smallest absolute Gasteiger partial charge is 0.127 e. The maximum Gasteiger partial charge on any atom is 0.127 e. The van der Waals surface area contributed by atoms with Gasteiger partial charge < -0.3 is 19.7 Å². The fourth-order valence-corrected chi connectivity index (χ4v) is 2.96. The summed E-state index contributed by atoms with van der Waals surface area (Å²) in [5, 5.41) is 3.45. The van der Waals surface area contributed by atoms with Crippen molar-refractivity contribution in [3.05, 3.63) is 48.0 Å². The van der Waals surface area contributed by atoms with Crippen LogP contribution in [0.2, 0.25) is 0 Å². The molecule has 23 heavy (non-hydrogen) atoms. The SMILES string of the molecule is COc1ccc(CNc2ccc(N3CCCC3)cc2)c(OC)c1. The van der Waals surface area contributed by atoms with Gasteiger partial charge in [0, 0.05) is 42.6 Å². The van der Waals surface area contributed by atoms with Crippen LogP contribution in [-0.2, 0) is 6.54 Å². The molecule has 1 N–H and O–H groups in total. The van der Waals surface area contributed by atoms with Gasteiger partial charge in [-0.2, -0.15) is 0 Å². The van der Waals surface area contributed by atoms with E-state index < -0.39 is 0 Å². The number of ether oxygens (including phenoxy) is 2. The van der Waals surface area contributed by atoms with Crippen molar-refractivity contribution in [1.82, 2.24) is 0 Å². The van der Waals surface area contributed by atoms with E-state index in [4.69, 9.17) is 9.47 Å². The van der Waals surface area contributed by atoms with Crippen LogP contribution in [-0.4, -0.2) is 27.3 Å². The lowest BCUT2D eigenvalue weighted by atomic mass is 10.2.